The third-order valence-electron chi connectivity index (χ3n) is 3.63. The minimum atomic E-state index is -0.241. The molecule has 0 aliphatic heterocycles. The normalized spacial score (nSPS) is 15.8. The Morgan fingerprint density at radius 1 is 1.40 bits per heavy atom. The van der Waals surface area contributed by atoms with Crippen molar-refractivity contribution in [2.75, 3.05) is 13.1 Å². The van der Waals surface area contributed by atoms with Gasteiger partial charge in [0.05, 0.1) is 5.56 Å². The summed E-state index contributed by atoms with van der Waals surface area (Å²) in [6.45, 7) is 7.21. The molecular formula is C15H22N2O3. The van der Waals surface area contributed by atoms with Gasteiger partial charge in [0.25, 0.3) is 5.91 Å². The molecule has 2 N–H and O–H groups in total. The second-order valence-electron chi connectivity index (χ2n) is 5.30. The van der Waals surface area contributed by atoms with Crippen LogP contribution in [-0.4, -0.2) is 30.8 Å². The van der Waals surface area contributed by atoms with Crippen molar-refractivity contribution in [3.05, 3.63) is 22.6 Å². The van der Waals surface area contributed by atoms with Crippen molar-refractivity contribution in [2.24, 2.45) is 0 Å². The molecule has 2 rings (SSSR count). The number of ketones is 1. The first-order valence-corrected chi connectivity index (χ1v) is 7.21. The van der Waals surface area contributed by atoms with Crippen LogP contribution in [0.2, 0.25) is 0 Å². The van der Waals surface area contributed by atoms with E-state index in [0.29, 0.717) is 29.9 Å². The molecule has 1 atom stereocenters. The standard InChI is InChI=1S/C15H22N2O3/c1-4-16-9(2)8-17-15(19)14-10(3)13-11(18)6-5-7-12(13)20-14/h9,16H,4-8H2,1-3H3,(H,17,19)/t9-/m1/s1. The van der Waals surface area contributed by atoms with E-state index in [1.54, 1.807) is 6.92 Å². The van der Waals surface area contributed by atoms with Crippen LogP contribution in [0.25, 0.3) is 0 Å². The van der Waals surface area contributed by atoms with Crippen LogP contribution in [0.5, 0.6) is 0 Å². The Morgan fingerprint density at radius 3 is 2.80 bits per heavy atom. The number of furan rings is 1. The van der Waals surface area contributed by atoms with Crippen LogP contribution in [0.1, 0.15) is 58.9 Å². The van der Waals surface area contributed by atoms with E-state index in [1.165, 1.54) is 0 Å². The number of rotatable bonds is 5. The number of aryl methyl sites for hydroxylation is 1. The number of hydrogen-bond acceptors (Lipinski definition) is 4. The second-order valence-corrected chi connectivity index (χ2v) is 5.30. The van der Waals surface area contributed by atoms with Crippen molar-refractivity contribution in [2.45, 2.75) is 46.1 Å². The Kier molecular flexibility index (Phi) is 4.60. The summed E-state index contributed by atoms with van der Waals surface area (Å²) >= 11 is 0. The second kappa shape index (κ2) is 6.22. The molecule has 0 spiro atoms. The molecule has 1 aromatic heterocycles. The van der Waals surface area contributed by atoms with Gasteiger partial charge >= 0.3 is 0 Å². The summed E-state index contributed by atoms with van der Waals surface area (Å²) in [6, 6.07) is 0.204. The number of nitrogens with one attached hydrogen (secondary N) is 2. The van der Waals surface area contributed by atoms with Crippen molar-refractivity contribution in [1.82, 2.24) is 10.6 Å². The average Bonchev–Trinajstić information content (AvgIpc) is 2.75. The Hall–Kier alpha value is -1.62. The SMILES string of the molecule is CCN[C@H](C)CNC(=O)c1oc2c(c1C)C(=O)CCC2. The summed E-state index contributed by atoms with van der Waals surface area (Å²) in [5, 5.41) is 6.07. The minimum Gasteiger partial charge on any atom is -0.455 e. The lowest BCUT2D eigenvalue weighted by Gasteiger charge is -2.12. The van der Waals surface area contributed by atoms with Crippen molar-refractivity contribution < 1.29 is 14.0 Å². The van der Waals surface area contributed by atoms with E-state index in [2.05, 4.69) is 10.6 Å². The van der Waals surface area contributed by atoms with Gasteiger partial charge in [-0.3, -0.25) is 9.59 Å². The number of likely N-dealkylation sites (N-methyl/N-ethyl adjacent to an activating group) is 1. The molecular weight excluding hydrogens is 256 g/mol. The predicted octanol–water partition coefficient (Wildman–Crippen LogP) is 1.83. The molecule has 1 aliphatic rings. The third kappa shape index (κ3) is 2.93. The predicted molar refractivity (Wildman–Crippen MR) is 76.2 cm³/mol. The van der Waals surface area contributed by atoms with Crippen molar-refractivity contribution >= 4 is 11.7 Å². The van der Waals surface area contributed by atoms with E-state index in [4.69, 9.17) is 4.42 Å². The van der Waals surface area contributed by atoms with E-state index >= 15 is 0 Å². The largest absolute Gasteiger partial charge is 0.455 e. The molecule has 1 heterocycles. The molecule has 0 unspecified atom stereocenters. The smallest absolute Gasteiger partial charge is 0.287 e. The Labute approximate surface area is 119 Å². The molecule has 1 aliphatic carbocycles. The number of amides is 1. The highest BCUT2D eigenvalue weighted by atomic mass is 16.4. The minimum absolute atomic E-state index is 0.0903. The van der Waals surface area contributed by atoms with E-state index in [1.807, 2.05) is 13.8 Å². The zero-order valence-electron chi connectivity index (χ0n) is 12.3. The number of carbonyl (C=O) groups is 2. The van der Waals surface area contributed by atoms with Crippen LogP contribution < -0.4 is 10.6 Å². The molecule has 0 fully saturated rings. The lowest BCUT2D eigenvalue weighted by atomic mass is 9.94. The molecule has 20 heavy (non-hydrogen) atoms. The van der Waals surface area contributed by atoms with E-state index in [9.17, 15) is 9.59 Å². The Bertz CT molecular complexity index is 519. The molecule has 110 valence electrons. The summed E-state index contributed by atoms with van der Waals surface area (Å²) < 4.78 is 5.61. The first-order valence-electron chi connectivity index (χ1n) is 7.21. The number of Topliss-reactive ketones (excluding diaryl/α,β-unsaturated/α-hetero) is 1. The lowest BCUT2D eigenvalue weighted by molar-refractivity contribution is 0.0916. The third-order valence-corrected chi connectivity index (χ3v) is 3.63. The Morgan fingerprint density at radius 2 is 2.15 bits per heavy atom. The molecule has 0 radical (unpaired) electrons. The van der Waals surface area contributed by atoms with Gasteiger partial charge in [-0.1, -0.05) is 6.92 Å². The van der Waals surface area contributed by atoms with Gasteiger partial charge in [0.2, 0.25) is 0 Å². The van der Waals surface area contributed by atoms with Crippen LogP contribution in [0.3, 0.4) is 0 Å². The fourth-order valence-corrected chi connectivity index (χ4v) is 2.61. The van der Waals surface area contributed by atoms with Crippen LogP contribution >= 0.6 is 0 Å². The highest BCUT2D eigenvalue weighted by Crippen LogP contribution is 2.29. The topological polar surface area (TPSA) is 71.3 Å². The molecule has 0 bridgehead atoms. The zero-order valence-corrected chi connectivity index (χ0v) is 12.3. The summed E-state index contributed by atoms with van der Waals surface area (Å²) in [5.74, 6) is 0.805. The van der Waals surface area contributed by atoms with Crippen LogP contribution in [0.4, 0.5) is 0 Å². The van der Waals surface area contributed by atoms with Gasteiger partial charge in [-0.15, -0.1) is 0 Å². The van der Waals surface area contributed by atoms with E-state index < -0.39 is 0 Å². The van der Waals surface area contributed by atoms with E-state index in [-0.39, 0.29) is 23.5 Å². The van der Waals surface area contributed by atoms with Crippen LogP contribution in [-0.2, 0) is 6.42 Å². The number of carbonyl (C=O) groups excluding carboxylic acids is 2. The summed E-state index contributed by atoms with van der Waals surface area (Å²) in [5.41, 5.74) is 1.31. The quantitative estimate of drug-likeness (QED) is 0.862. The maximum absolute atomic E-state index is 12.2. The molecule has 0 saturated heterocycles. The fourth-order valence-electron chi connectivity index (χ4n) is 2.61. The monoisotopic (exact) mass is 278 g/mol. The fraction of sp³-hybridized carbons (Fsp3) is 0.600. The summed E-state index contributed by atoms with van der Waals surface area (Å²) in [7, 11) is 0. The first kappa shape index (κ1) is 14.8. The first-order chi connectivity index (χ1) is 9.54. The lowest BCUT2D eigenvalue weighted by Crippen LogP contribution is -2.38. The summed E-state index contributed by atoms with van der Waals surface area (Å²) in [6.07, 6.45) is 2.09. The van der Waals surface area contributed by atoms with Crippen LogP contribution in [0, 0.1) is 6.92 Å². The van der Waals surface area contributed by atoms with Gasteiger partial charge in [-0.25, -0.2) is 0 Å². The molecule has 1 amide bonds. The molecule has 0 saturated carbocycles. The zero-order chi connectivity index (χ0) is 14.7. The Balaban J connectivity index is 2.09. The maximum atomic E-state index is 12.2. The number of fused-ring (bicyclic) bond motifs is 1. The highest BCUT2D eigenvalue weighted by Gasteiger charge is 2.28. The average molecular weight is 278 g/mol. The van der Waals surface area contributed by atoms with Crippen molar-refractivity contribution in [1.29, 1.82) is 0 Å². The van der Waals surface area contributed by atoms with Gasteiger partial charge < -0.3 is 15.1 Å². The molecule has 0 aromatic carbocycles. The van der Waals surface area contributed by atoms with Crippen molar-refractivity contribution in [3.63, 3.8) is 0 Å². The van der Waals surface area contributed by atoms with Gasteiger partial charge in [-0.05, 0) is 26.8 Å². The van der Waals surface area contributed by atoms with E-state index in [0.717, 1.165) is 19.4 Å². The molecule has 1 aromatic rings. The van der Waals surface area contributed by atoms with Gasteiger partial charge in [0, 0.05) is 31.0 Å². The highest BCUT2D eigenvalue weighted by molar-refractivity contribution is 6.03. The number of hydrogen-bond donors (Lipinski definition) is 2. The molecule has 5 heteroatoms. The maximum Gasteiger partial charge on any atom is 0.287 e. The van der Waals surface area contributed by atoms with Gasteiger partial charge in [0.15, 0.2) is 11.5 Å². The van der Waals surface area contributed by atoms with Crippen LogP contribution in [0.15, 0.2) is 4.42 Å². The molecule has 5 nitrogen and oxygen atoms in total. The summed E-state index contributed by atoms with van der Waals surface area (Å²) in [4.78, 5) is 24.0. The van der Waals surface area contributed by atoms with Gasteiger partial charge in [-0.2, -0.15) is 0 Å². The van der Waals surface area contributed by atoms with Crippen molar-refractivity contribution in [3.8, 4) is 0 Å². The van der Waals surface area contributed by atoms with Gasteiger partial charge in [0.1, 0.15) is 5.76 Å².